The third kappa shape index (κ3) is 2.29. The first-order valence-corrected chi connectivity index (χ1v) is 7.29. The predicted molar refractivity (Wildman–Crippen MR) is 88.3 cm³/mol. The molecule has 2 N–H and O–H groups in total. The summed E-state index contributed by atoms with van der Waals surface area (Å²) in [4.78, 5) is 2.87. The average Bonchev–Trinajstić information content (AvgIpc) is 2.46. The Hall–Kier alpha value is -1.87. The van der Waals surface area contributed by atoms with Gasteiger partial charge >= 0.3 is 0 Å². The van der Waals surface area contributed by atoms with Crippen LogP contribution in [0.1, 0.15) is 22.3 Å². The fourth-order valence-electron chi connectivity index (χ4n) is 2.96. The number of hydrogen-bond acceptors (Lipinski definition) is 2. The van der Waals surface area contributed by atoms with E-state index in [1.807, 2.05) is 12.1 Å². The number of para-hydroxylation sites is 1. The minimum Gasteiger partial charge on any atom is -0.389 e. The van der Waals surface area contributed by atoms with Crippen molar-refractivity contribution in [3.63, 3.8) is 0 Å². The van der Waals surface area contributed by atoms with Crippen molar-refractivity contribution in [2.45, 2.75) is 19.9 Å². The molecule has 2 nitrogen and oxygen atoms in total. The summed E-state index contributed by atoms with van der Waals surface area (Å²) in [5.41, 5.74) is 12.1. The van der Waals surface area contributed by atoms with Gasteiger partial charge in [-0.2, -0.15) is 0 Å². The fraction of sp³-hybridized carbons (Fsp3) is 0.235. The maximum atomic E-state index is 5.89. The van der Waals surface area contributed by atoms with E-state index in [4.69, 9.17) is 18.0 Å². The number of nitrogens with two attached hydrogens (primary N) is 1. The van der Waals surface area contributed by atoms with Gasteiger partial charge in [-0.25, -0.2) is 0 Å². The van der Waals surface area contributed by atoms with Crippen LogP contribution in [0.2, 0.25) is 0 Å². The number of hydrogen-bond donors (Lipinski definition) is 1. The van der Waals surface area contributed by atoms with Gasteiger partial charge in [0.05, 0.1) is 5.69 Å². The lowest BCUT2D eigenvalue weighted by Gasteiger charge is -2.33. The molecule has 0 amide bonds. The molecule has 0 bridgehead atoms. The van der Waals surface area contributed by atoms with E-state index in [1.54, 1.807) is 0 Å². The molecule has 0 fully saturated rings. The third-order valence-corrected chi connectivity index (χ3v) is 4.17. The van der Waals surface area contributed by atoms with Gasteiger partial charge in [0, 0.05) is 18.7 Å². The Morgan fingerprint density at radius 3 is 2.60 bits per heavy atom. The Balaban J connectivity index is 2.02. The lowest BCUT2D eigenvalue weighted by atomic mass is 9.97. The summed E-state index contributed by atoms with van der Waals surface area (Å²) in [6, 6.07) is 14.8. The van der Waals surface area contributed by atoms with Crippen molar-refractivity contribution in [3.05, 3.63) is 64.7 Å². The van der Waals surface area contributed by atoms with Crippen molar-refractivity contribution >= 4 is 22.9 Å². The second-order valence-corrected chi connectivity index (χ2v) is 5.72. The molecule has 3 rings (SSSR count). The molecule has 0 atom stereocenters. The highest BCUT2D eigenvalue weighted by molar-refractivity contribution is 7.80. The normalized spacial score (nSPS) is 13.9. The van der Waals surface area contributed by atoms with Crippen molar-refractivity contribution in [3.8, 4) is 0 Å². The molecule has 2 aromatic carbocycles. The van der Waals surface area contributed by atoms with Crippen molar-refractivity contribution in [1.82, 2.24) is 0 Å². The zero-order valence-corrected chi connectivity index (χ0v) is 12.4. The number of anilines is 1. The lowest BCUT2D eigenvalue weighted by Crippen LogP contribution is -2.32. The zero-order valence-electron chi connectivity index (χ0n) is 11.6. The van der Waals surface area contributed by atoms with Crippen LogP contribution in [0.15, 0.2) is 42.5 Å². The van der Waals surface area contributed by atoms with E-state index < -0.39 is 0 Å². The van der Waals surface area contributed by atoms with Crippen molar-refractivity contribution < 1.29 is 0 Å². The molecule has 102 valence electrons. The molecule has 2 aromatic rings. The molecule has 0 saturated heterocycles. The quantitative estimate of drug-likeness (QED) is 0.858. The van der Waals surface area contributed by atoms with Gasteiger partial charge in [-0.05, 0) is 36.1 Å². The fourth-order valence-corrected chi connectivity index (χ4v) is 3.13. The van der Waals surface area contributed by atoms with Gasteiger partial charge in [-0.1, -0.05) is 48.6 Å². The molecule has 3 heteroatoms. The molecule has 20 heavy (non-hydrogen) atoms. The van der Waals surface area contributed by atoms with Gasteiger partial charge in [0.1, 0.15) is 4.99 Å². The summed E-state index contributed by atoms with van der Waals surface area (Å²) >= 11 is 5.21. The van der Waals surface area contributed by atoms with Gasteiger partial charge < -0.3 is 10.6 Å². The molecule has 0 saturated carbocycles. The van der Waals surface area contributed by atoms with Gasteiger partial charge in [0.15, 0.2) is 0 Å². The number of fused-ring (bicyclic) bond motifs is 1. The summed E-state index contributed by atoms with van der Waals surface area (Å²) in [6.07, 6.45) is 1.07. The molecular weight excluding hydrogens is 264 g/mol. The van der Waals surface area contributed by atoms with E-state index in [2.05, 4.69) is 42.2 Å². The lowest BCUT2D eigenvalue weighted by molar-refractivity contribution is 0.729. The number of aryl methyl sites for hydroxylation is 1. The maximum Gasteiger partial charge on any atom is 0.106 e. The summed E-state index contributed by atoms with van der Waals surface area (Å²) in [6.45, 7) is 4.06. The molecule has 1 aliphatic heterocycles. The molecule has 0 aliphatic carbocycles. The van der Waals surface area contributed by atoms with Crippen LogP contribution in [0.4, 0.5) is 5.69 Å². The van der Waals surface area contributed by atoms with Gasteiger partial charge in [0.2, 0.25) is 0 Å². The first-order valence-electron chi connectivity index (χ1n) is 6.88. The van der Waals surface area contributed by atoms with Crippen LogP contribution in [0.3, 0.4) is 0 Å². The smallest absolute Gasteiger partial charge is 0.106 e. The van der Waals surface area contributed by atoms with Gasteiger partial charge in [0.25, 0.3) is 0 Å². The Kier molecular flexibility index (Phi) is 3.45. The van der Waals surface area contributed by atoms with Crippen LogP contribution >= 0.6 is 12.2 Å². The van der Waals surface area contributed by atoms with E-state index in [1.165, 1.54) is 22.4 Å². The molecular formula is C17H18N2S. The summed E-state index contributed by atoms with van der Waals surface area (Å²) < 4.78 is 0. The largest absolute Gasteiger partial charge is 0.389 e. The van der Waals surface area contributed by atoms with E-state index >= 15 is 0 Å². The predicted octanol–water partition coefficient (Wildman–Crippen LogP) is 3.19. The van der Waals surface area contributed by atoms with Crippen molar-refractivity contribution in [2.75, 3.05) is 11.4 Å². The van der Waals surface area contributed by atoms with E-state index in [-0.39, 0.29) is 0 Å². The second kappa shape index (κ2) is 5.25. The standard InChI is InChI=1S/C17H18N2S/c1-12-5-4-8-15(17(18)20)16(12)19-10-9-13-6-2-3-7-14(13)11-19/h2-8H,9-11H2,1H3,(H2,18,20). The Bertz CT molecular complexity index is 664. The SMILES string of the molecule is Cc1cccc(C(N)=S)c1N1CCc2ccccc2C1. The number of rotatable bonds is 2. The Labute approximate surface area is 125 Å². The number of benzene rings is 2. The first-order chi connectivity index (χ1) is 9.66. The molecule has 0 aromatic heterocycles. The summed E-state index contributed by atoms with van der Waals surface area (Å²) in [5.74, 6) is 0. The van der Waals surface area contributed by atoms with E-state index in [9.17, 15) is 0 Å². The van der Waals surface area contributed by atoms with Crippen LogP contribution in [0.25, 0.3) is 0 Å². The highest BCUT2D eigenvalue weighted by atomic mass is 32.1. The average molecular weight is 282 g/mol. The molecule has 1 heterocycles. The minimum atomic E-state index is 0.475. The Morgan fingerprint density at radius 1 is 1.10 bits per heavy atom. The summed E-state index contributed by atoms with van der Waals surface area (Å²) in [5, 5.41) is 0. The van der Waals surface area contributed by atoms with E-state index in [0.717, 1.165) is 25.1 Å². The van der Waals surface area contributed by atoms with Crippen LogP contribution in [-0.2, 0) is 13.0 Å². The van der Waals surface area contributed by atoms with Crippen molar-refractivity contribution in [2.24, 2.45) is 5.73 Å². The van der Waals surface area contributed by atoms with Crippen LogP contribution in [-0.4, -0.2) is 11.5 Å². The molecule has 0 unspecified atom stereocenters. The highest BCUT2D eigenvalue weighted by Crippen LogP contribution is 2.30. The van der Waals surface area contributed by atoms with Crippen molar-refractivity contribution in [1.29, 1.82) is 0 Å². The first kappa shape index (κ1) is 13.1. The monoisotopic (exact) mass is 282 g/mol. The Morgan fingerprint density at radius 2 is 1.85 bits per heavy atom. The highest BCUT2D eigenvalue weighted by Gasteiger charge is 2.20. The second-order valence-electron chi connectivity index (χ2n) is 5.28. The minimum absolute atomic E-state index is 0.475. The van der Waals surface area contributed by atoms with Gasteiger partial charge in [-0.3, -0.25) is 0 Å². The number of thiocarbonyl (C=S) groups is 1. The topological polar surface area (TPSA) is 29.3 Å². The maximum absolute atomic E-state index is 5.89. The van der Waals surface area contributed by atoms with Crippen LogP contribution < -0.4 is 10.6 Å². The summed E-state index contributed by atoms with van der Waals surface area (Å²) in [7, 11) is 0. The molecule has 0 spiro atoms. The van der Waals surface area contributed by atoms with Crippen LogP contribution in [0.5, 0.6) is 0 Å². The molecule has 1 aliphatic rings. The third-order valence-electron chi connectivity index (χ3n) is 3.95. The van der Waals surface area contributed by atoms with E-state index in [0.29, 0.717) is 4.99 Å². The van der Waals surface area contributed by atoms with Crippen LogP contribution in [0, 0.1) is 6.92 Å². The van der Waals surface area contributed by atoms with Gasteiger partial charge in [-0.15, -0.1) is 0 Å². The molecule has 0 radical (unpaired) electrons. The number of nitrogens with zero attached hydrogens (tertiary/aromatic N) is 1. The zero-order chi connectivity index (χ0) is 14.1.